The fourth-order valence-corrected chi connectivity index (χ4v) is 3.33. The minimum atomic E-state index is -0.489. The molecule has 0 aromatic heterocycles. The molecule has 0 atom stereocenters. The minimum absolute atomic E-state index is 0.0325. The molecule has 0 amide bonds. The summed E-state index contributed by atoms with van der Waals surface area (Å²) in [6.45, 7) is 21.4. The quantitative estimate of drug-likeness (QED) is 0.0352. The molecule has 0 aromatic carbocycles. The van der Waals surface area contributed by atoms with Crippen molar-refractivity contribution in [3.63, 3.8) is 0 Å². The zero-order valence-corrected chi connectivity index (χ0v) is 27.7. The van der Waals surface area contributed by atoms with Crippen LogP contribution in [0.4, 0.5) is 0 Å². The van der Waals surface area contributed by atoms with Crippen molar-refractivity contribution >= 4 is 23.9 Å². The summed E-state index contributed by atoms with van der Waals surface area (Å²) in [5.41, 5.74) is 0.632. The number of carbonyl (C=O) groups excluding carboxylic acids is 4. The lowest BCUT2D eigenvalue weighted by Crippen LogP contribution is -2.14. The van der Waals surface area contributed by atoms with E-state index in [1.165, 1.54) is 83.0 Å². The molecule has 0 heterocycles. The molecule has 0 aliphatic heterocycles. The van der Waals surface area contributed by atoms with Gasteiger partial charge in [-0.1, -0.05) is 124 Å². The molecule has 43 heavy (non-hydrogen) atoms. The molecule has 0 unspecified atom stereocenters. The summed E-state index contributed by atoms with van der Waals surface area (Å²) in [5.74, 6) is -1.46. The van der Waals surface area contributed by atoms with Crippen molar-refractivity contribution in [2.24, 2.45) is 0 Å². The third-order valence-electron chi connectivity index (χ3n) is 5.85. The zero-order chi connectivity index (χ0) is 33.1. The number of carbonyl (C=O) groups is 4. The molecular formula is C35H60O8. The highest BCUT2D eigenvalue weighted by atomic mass is 16.6. The van der Waals surface area contributed by atoms with E-state index in [-0.39, 0.29) is 25.2 Å². The number of hydrogen-bond acceptors (Lipinski definition) is 8. The Bertz CT molecular complexity index is 757. The van der Waals surface area contributed by atoms with Crippen molar-refractivity contribution in [3.8, 4) is 0 Å². The van der Waals surface area contributed by atoms with Gasteiger partial charge < -0.3 is 18.9 Å². The Hall–Kier alpha value is -3.16. The first-order chi connectivity index (χ1) is 20.6. The average Bonchev–Trinajstić information content (AvgIpc) is 2.98. The lowest BCUT2D eigenvalue weighted by Gasteiger charge is -2.05. The van der Waals surface area contributed by atoms with Crippen LogP contribution in [0.2, 0.25) is 0 Å². The third-order valence-corrected chi connectivity index (χ3v) is 5.85. The standard InChI is InChI=1S/C18H34O2.C10H14O4.C7H12O2/c1-3-5-6-7-8-9-10-11-12-13-14-15-16-17-18(19)20-4-2;1-7(2)9(11)13-5-6-14-10(12)8(3)4;1-3-5-6-9-7(8)4-2/h4H,2-3,5-17H2,1H3;1,3,5-6H2,2,4H3;4H,2-3,5-6H2,1H3. The summed E-state index contributed by atoms with van der Waals surface area (Å²) in [4.78, 5) is 43.1. The highest BCUT2D eigenvalue weighted by molar-refractivity contribution is 5.87. The Kier molecular flexibility index (Phi) is 36.1. The van der Waals surface area contributed by atoms with Crippen molar-refractivity contribution in [2.75, 3.05) is 19.8 Å². The molecule has 0 aliphatic rings. The summed E-state index contributed by atoms with van der Waals surface area (Å²) in [6.07, 6.45) is 22.1. The van der Waals surface area contributed by atoms with Gasteiger partial charge in [0.1, 0.15) is 13.2 Å². The van der Waals surface area contributed by atoms with E-state index in [4.69, 9.17) is 0 Å². The van der Waals surface area contributed by atoms with Crippen LogP contribution in [-0.4, -0.2) is 43.7 Å². The first kappa shape index (κ1) is 44.3. The molecule has 0 aliphatic carbocycles. The first-order valence-electron chi connectivity index (χ1n) is 15.8. The SMILES string of the molecule is C=C(C)C(=O)OCCOC(=O)C(=C)C.C=CC(=O)OCCCC.C=COC(=O)CCCCCCCCCCCCCCC. The summed E-state index contributed by atoms with van der Waals surface area (Å²) in [5, 5.41) is 0. The van der Waals surface area contributed by atoms with Crippen LogP contribution in [0.25, 0.3) is 0 Å². The van der Waals surface area contributed by atoms with Crippen LogP contribution in [0.1, 0.15) is 130 Å². The van der Waals surface area contributed by atoms with E-state index in [0.717, 1.165) is 25.7 Å². The van der Waals surface area contributed by atoms with Crippen molar-refractivity contribution in [3.05, 3.63) is 49.8 Å². The van der Waals surface area contributed by atoms with Gasteiger partial charge in [-0.05, 0) is 26.7 Å². The van der Waals surface area contributed by atoms with E-state index in [1.807, 2.05) is 6.92 Å². The maximum Gasteiger partial charge on any atom is 0.333 e. The lowest BCUT2D eigenvalue weighted by atomic mass is 10.0. The van der Waals surface area contributed by atoms with Crippen LogP contribution in [0.3, 0.4) is 0 Å². The van der Waals surface area contributed by atoms with Gasteiger partial charge in [0.05, 0.1) is 12.9 Å². The Balaban J connectivity index is -0.000000604. The van der Waals surface area contributed by atoms with Gasteiger partial charge >= 0.3 is 23.9 Å². The summed E-state index contributed by atoms with van der Waals surface area (Å²) < 4.78 is 18.7. The highest BCUT2D eigenvalue weighted by Crippen LogP contribution is 2.13. The van der Waals surface area contributed by atoms with Crippen molar-refractivity contribution < 1.29 is 38.1 Å². The Labute approximate surface area is 262 Å². The molecule has 0 aromatic rings. The van der Waals surface area contributed by atoms with Crippen LogP contribution < -0.4 is 0 Å². The predicted molar refractivity (Wildman–Crippen MR) is 174 cm³/mol. The predicted octanol–water partition coefficient (Wildman–Crippen LogP) is 8.90. The van der Waals surface area contributed by atoms with Gasteiger partial charge in [-0.15, -0.1) is 0 Å². The van der Waals surface area contributed by atoms with Gasteiger partial charge in [-0.3, -0.25) is 4.79 Å². The number of ether oxygens (including phenoxy) is 4. The molecule has 8 nitrogen and oxygen atoms in total. The van der Waals surface area contributed by atoms with Gasteiger partial charge in [-0.25, -0.2) is 14.4 Å². The molecule has 0 bridgehead atoms. The highest BCUT2D eigenvalue weighted by Gasteiger charge is 2.05. The Morgan fingerprint density at radius 2 is 0.953 bits per heavy atom. The third kappa shape index (κ3) is 38.8. The van der Waals surface area contributed by atoms with Gasteiger partial charge in [0.25, 0.3) is 0 Å². The van der Waals surface area contributed by atoms with Crippen LogP contribution in [-0.2, 0) is 38.1 Å². The second kappa shape index (κ2) is 35.0. The second-order valence-electron chi connectivity index (χ2n) is 10.2. The van der Waals surface area contributed by atoms with Crippen LogP contribution in [0.15, 0.2) is 49.8 Å². The van der Waals surface area contributed by atoms with E-state index in [0.29, 0.717) is 24.2 Å². The number of unbranched alkanes of at least 4 members (excludes halogenated alkanes) is 13. The summed E-state index contributed by atoms with van der Waals surface area (Å²) >= 11 is 0. The Morgan fingerprint density at radius 3 is 1.30 bits per heavy atom. The first-order valence-corrected chi connectivity index (χ1v) is 15.8. The molecule has 0 saturated carbocycles. The fraction of sp³-hybridized carbons (Fsp3) is 0.657. The lowest BCUT2D eigenvalue weighted by molar-refractivity contribution is -0.147. The molecule has 8 heteroatoms. The van der Waals surface area contributed by atoms with Crippen LogP contribution in [0, 0.1) is 0 Å². The number of rotatable bonds is 24. The largest absolute Gasteiger partial charge is 0.463 e. The molecule has 0 fully saturated rings. The normalized spacial score (nSPS) is 9.58. The van der Waals surface area contributed by atoms with E-state index < -0.39 is 11.9 Å². The second-order valence-corrected chi connectivity index (χ2v) is 10.2. The molecule has 0 saturated heterocycles. The maximum atomic E-state index is 11.1. The van der Waals surface area contributed by atoms with Crippen molar-refractivity contribution in [2.45, 2.75) is 130 Å². The fourth-order valence-electron chi connectivity index (χ4n) is 3.33. The summed E-state index contributed by atoms with van der Waals surface area (Å²) in [7, 11) is 0. The minimum Gasteiger partial charge on any atom is -0.463 e. The molecule has 248 valence electrons. The number of hydrogen-bond donors (Lipinski definition) is 0. The molecule has 0 rings (SSSR count). The molecule has 0 radical (unpaired) electrons. The topological polar surface area (TPSA) is 105 Å². The van der Waals surface area contributed by atoms with Gasteiger partial charge in [0.2, 0.25) is 0 Å². The van der Waals surface area contributed by atoms with E-state index in [1.54, 1.807) is 13.8 Å². The number of esters is 4. The van der Waals surface area contributed by atoms with Gasteiger partial charge in [0.15, 0.2) is 0 Å². The molecule has 0 spiro atoms. The maximum absolute atomic E-state index is 11.1. The van der Waals surface area contributed by atoms with Crippen molar-refractivity contribution in [1.29, 1.82) is 0 Å². The van der Waals surface area contributed by atoms with E-state index >= 15 is 0 Å². The average molecular weight is 609 g/mol. The van der Waals surface area contributed by atoms with Gasteiger partial charge in [0, 0.05) is 23.6 Å². The van der Waals surface area contributed by atoms with E-state index in [2.05, 4.69) is 52.2 Å². The smallest absolute Gasteiger partial charge is 0.333 e. The van der Waals surface area contributed by atoms with Crippen LogP contribution in [0.5, 0.6) is 0 Å². The molecule has 0 N–H and O–H groups in total. The van der Waals surface area contributed by atoms with Gasteiger partial charge in [-0.2, -0.15) is 0 Å². The summed E-state index contributed by atoms with van der Waals surface area (Å²) in [6, 6.07) is 0. The Morgan fingerprint density at radius 1 is 0.558 bits per heavy atom. The monoisotopic (exact) mass is 608 g/mol. The molecular weight excluding hydrogens is 548 g/mol. The van der Waals surface area contributed by atoms with Crippen LogP contribution >= 0.6 is 0 Å². The van der Waals surface area contributed by atoms with Crippen molar-refractivity contribution in [1.82, 2.24) is 0 Å². The van der Waals surface area contributed by atoms with E-state index in [9.17, 15) is 19.2 Å². The zero-order valence-electron chi connectivity index (χ0n) is 27.7.